The van der Waals surface area contributed by atoms with Crippen LogP contribution in [0.15, 0.2) is 23.5 Å². The topological polar surface area (TPSA) is 46.6 Å². The summed E-state index contributed by atoms with van der Waals surface area (Å²) in [6.45, 7) is 1.90. The summed E-state index contributed by atoms with van der Waals surface area (Å²) >= 11 is 0. The van der Waals surface area contributed by atoms with Crippen LogP contribution in [-0.2, 0) is 14.3 Å². The monoisotopic (exact) mass is 343 g/mol. The van der Waals surface area contributed by atoms with Crippen molar-refractivity contribution in [2.45, 2.75) is 50.8 Å². The number of ether oxygens (including phenoxy) is 1. The molecule has 0 N–H and O–H groups in total. The summed E-state index contributed by atoms with van der Waals surface area (Å²) in [5.74, 6) is -0.756. The van der Waals surface area contributed by atoms with Crippen molar-refractivity contribution in [2.75, 3.05) is 13.1 Å². The highest BCUT2D eigenvalue weighted by atomic mass is 19.4. The van der Waals surface area contributed by atoms with Gasteiger partial charge in [0.2, 0.25) is 0 Å². The summed E-state index contributed by atoms with van der Waals surface area (Å²) in [6.07, 6.45) is 1.54. The van der Waals surface area contributed by atoms with Crippen LogP contribution in [0.3, 0.4) is 0 Å². The normalized spacial score (nSPS) is 25.7. The Morgan fingerprint density at radius 2 is 2.00 bits per heavy atom. The molecule has 3 rings (SSSR count). The van der Waals surface area contributed by atoms with Crippen LogP contribution in [-0.4, -0.2) is 41.5 Å². The van der Waals surface area contributed by atoms with Gasteiger partial charge in [0.05, 0.1) is 0 Å². The van der Waals surface area contributed by atoms with Crippen LogP contribution in [0.2, 0.25) is 0 Å². The SMILES string of the molecule is CCC(=O)C1=CCC2CC3(CCN(C(=O)C(F)(F)F)CC3)OC2=C1. The number of rotatable bonds is 2. The van der Waals surface area contributed by atoms with Gasteiger partial charge in [-0.05, 0) is 18.9 Å². The number of amides is 1. The number of carbonyl (C=O) groups is 2. The fraction of sp³-hybridized carbons (Fsp3) is 0.647. The number of Topliss-reactive ketones (excluding diaryl/α,β-unsaturated/α-hetero) is 1. The number of hydrogen-bond acceptors (Lipinski definition) is 3. The lowest BCUT2D eigenvalue weighted by molar-refractivity contribution is -0.188. The highest BCUT2D eigenvalue weighted by Crippen LogP contribution is 2.47. The average Bonchev–Trinajstić information content (AvgIpc) is 2.90. The molecule has 2 saturated heterocycles. The molecule has 2 fully saturated rings. The second kappa shape index (κ2) is 5.93. The van der Waals surface area contributed by atoms with Crippen molar-refractivity contribution in [3.05, 3.63) is 23.5 Å². The number of carbonyl (C=O) groups excluding carboxylic acids is 2. The summed E-state index contributed by atoms with van der Waals surface area (Å²) in [4.78, 5) is 24.0. The van der Waals surface area contributed by atoms with Gasteiger partial charge in [-0.2, -0.15) is 13.2 Å². The van der Waals surface area contributed by atoms with Gasteiger partial charge in [0.15, 0.2) is 5.78 Å². The lowest BCUT2D eigenvalue weighted by atomic mass is 9.82. The molecule has 2 heterocycles. The molecular formula is C17H20F3NO3. The second-order valence-corrected chi connectivity index (χ2v) is 6.69. The van der Waals surface area contributed by atoms with Gasteiger partial charge in [0.1, 0.15) is 11.4 Å². The van der Waals surface area contributed by atoms with Crippen LogP contribution in [0.1, 0.15) is 39.0 Å². The van der Waals surface area contributed by atoms with E-state index in [-0.39, 0.29) is 24.8 Å². The van der Waals surface area contributed by atoms with Crippen molar-refractivity contribution in [3.8, 4) is 0 Å². The van der Waals surface area contributed by atoms with Crippen LogP contribution in [0.25, 0.3) is 0 Å². The van der Waals surface area contributed by atoms with Gasteiger partial charge in [-0.25, -0.2) is 0 Å². The van der Waals surface area contributed by atoms with Crippen molar-refractivity contribution in [2.24, 2.45) is 5.92 Å². The third-order valence-electron chi connectivity index (χ3n) is 5.12. The van der Waals surface area contributed by atoms with Crippen LogP contribution < -0.4 is 0 Å². The van der Waals surface area contributed by atoms with E-state index < -0.39 is 17.7 Å². The van der Waals surface area contributed by atoms with Gasteiger partial charge in [-0.15, -0.1) is 0 Å². The van der Waals surface area contributed by atoms with E-state index in [1.807, 2.05) is 6.08 Å². The first-order valence-electron chi connectivity index (χ1n) is 8.24. The lowest BCUT2D eigenvalue weighted by Gasteiger charge is -2.38. The van der Waals surface area contributed by atoms with Crippen molar-refractivity contribution >= 4 is 11.7 Å². The highest BCUT2D eigenvalue weighted by Gasteiger charge is 2.50. The largest absolute Gasteiger partial charge is 0.491 e. The summed E-state index contributed by atoms with van der Waals surface area (Å²) in [5.41, 5.74) is 0.155. The predicted molar refractivity (Wildman–Crippen MR) is 79.9 cm³/mol. The van der Waals surface area contributed by atoms with E-state index >= 15 is 0 Å². The average molecular weight is 343 g/mol. The third kappa shape index (κ3) is 3.08. The van der Waals surface area contributed by atoms with E-state index in [2.05, 4.69) is 0 Å². The highest BCUT2D eigenvalue weighted by molar-refractivity contribution is 5.98. The van der Waals surface area contributed by atoms with E-state index in [0.29, 0.717) is 24.8 Å². The molecule has 0 saturated carbocycles. The van der Waals surface area contributed by atoms with Gasteiger partial charge >= 0.3 is 12.1 Å². The fourth-order valence-electron chi connectivity index (χ4n) is 3.75. The lowest BCUT2D eigenvalue weighted by Crippen LogP contribution is -2.50. The van der Waals surface area contributed by atoms with Gasteiger partial charge in [0, 0.05) is 43.8 Å². The first-order valence-corrected chi connectivity index (χ1v) is 8.24. The molecular weight excluding hydrogens is 323 g/mol. The summed E-state index contributed by atoms with van der Waals surface area (Å²) in [7, 11) is 0. The zero-order chi connectivity index (χ0) is 17.5. The zero-order valence-corrected chi connectivity index (χ0v) is 13.5. The molecule has 0 aromatic heterocycles. The Kier molecular flexibility index (Phi) is 4.21. The molecule has 1 spiro atoms. The van der Waals surface area contributed by atoms with Gasteiger partial charge in [-0.1, -0.05) is 13.0 Å². The molecule has 24 heavy (non-hydrogen) atoms. The minimum Gasteiger partial charge on any atom is -0.491 e. The molecule has 2 aliphatic heterocycles. The van der Waals surface area contributed by atoms with E-state index in [4.69, 9.17) is 4.74 Å². The number of ketones is 1. The maximum Gasteiger partial charge on any atom is 0.471 e. The molecule has 1 atom stereocenters. The Labute approximate surface area is 138 Å². The second-order valence-electron chi connectivity index (χ2n) is 6.69. The smallest absolute Gasteiger partial charge is 0.471 e. The van der Waals surface area contributed by atoms with Crippen molar-refractivity contribution < 1.29 is 27.5 Å². The minimum absolute atomic E-state index is 0.0481. The number of fused-ring (bicyclic) bond motifs is 1. The van der Waals surface area contributed by atoms with E-state index in [0.717, 1.165) is 23.5 Å². The molecule has 7 heteroatoms. The quantitative estimate of drug-likeness (QED) is 0.774. The Morgan fingerprint density at radius 1 is 1.33 bits per heavy atom. The predicted octanol–water partition coefficient (Wildman–Crippen LogP) is 3.14. The van der Waals surface area contributed by atoms with Crippen LogP contribution >= 0.6 is 0 Å². The van der Waals surface area contributed by atoms with Gasteiger partial charge in [0.25, 0.3) is 0 Å². The van der Waals surface area contributed by atoms with E-state index in [1.54, 1.807) is 13.0 Å². The van der Waals surface area contributed by atoms with Crippen molar-refractivity contribution in [3.63, 3.8) is 0 Å². The molecule has 4 nitrogen and oxygen atoms in total. The summed E-state index contributed by atoms with van der Waals surface area (Å²) in [5, 5.41) is 0. The number of alkyl halides is 3. The summed E-state index contributed by atoms with van der Waals surface area (Å²) < 4.78 is 43.7. The Morgan fingerprint density at radius 3 is 2.58 bits per heavy atom. The zero-order valence-electron chi connectivity index (χ0n) is 13.5. The van der Waals surface area contributed by atoms with Crippen LogP contribution in [0.5, 0.6) is 0 Å². The molecule has 1 unspecified atom stereocenters. The molecule has 0 aromatic rings. The number of nitrogens with zero attached hydrogens (tertiary/aromatic N) is 1. The standard InChI is InChI=1S/C17H20F3NO3/c1-2-13(22)11-3-4-12-10-16(24-14(12)9-11)5-7-21(8-6-16)15(23)17(18,19)20/h3,9,12H,2,4-8,10H2,1H3. The molecule has 0 radical (unpaired) electrons. The molecule has 0 bridgehead atoms. The number of hydrogen-bond donors (Lipinski definition) is 0. The summed E-state index contributed by atoms with van der Waals surface area (Å²) in [6, 6.07) is 0. The fourth-order valence-corrected chi connectivity index (χ4v) is 3.75. The Hall–Kier alpha value is -1.79. The first-order chi connectivity index (χ1) is 11.2. The van der Waals surface area contributed by atoms with Gasteiger partial charge in [-0.3, -0.25) is 9.59 Å². The minimum atomic E-state index is -4.82. The first kappa shape index (κ1) is 17.0. The molecule has 3 aliphatic rings. The Bertz CT molecular complexity index is 613. The van der Waals surface area contributed by atoms with Crippen LogP contribution in [0.4, 0.5) is 13.2 Å². The van der Waals surface area contributed by atoms with Crippen molar-refractivity contribution in [1.29, 1.82) is 0 Å². The molecule has 0 aromatic carbocycles. The molecule has 132 valence electrons. The number of allylic oxidation sites excluding steroid dienone is 4. The van der Waals surface area contributed by atoms with E-state index in [1.165, 1.54) is 0 Å². The van der Waals surface area contributed by atoms with Crippen LogP contribution in [0, 0.1) is 5.92 Å². The van der Waals surface area contributed by atoms with Crippen molar-refractivity contribution in [1.82, 2.24) is 4.90 Å². The van der Waals surface area contributed by atoms with Gasteiger partial charge < -0.3 is 9.64 Å². The number of halogens is 3. The molecule has 1 amide bonds. The molecule has 1 aliphatic carbocycles. The number of piperidine rings is 1. The van der Waals surface area contributed by atoms with E-state index in [9.17, 15) is 22.8 Å². The third-order valence-corrected chi connectivity index (χ3v) is 5.12. The maximum atomic E-state index is 12.5. The number of likely N-dealkylation sites (tertiary alicyclic amines) is 1. The maximum absolute atomic E-state index is 12.5. The Balaban J connectivity index is 1.65.